The van der Waals surface area contributed by atoms with Gasteiger partial charge < -0.3 is 10.1 Å². The Bertz CT molecular complexity index is 326. The standard InChI is InChI=1S/C15H24ClNO/c1-4-17-15(10-5-12(2)18-3)11-13-6-8-14(16)9-7-13/h6-9,12,15,17H,4-5,10-11H2,1-3H3. The van der Waals surface area contributed by atoms with E-state index in [9.17, 15) is 0 Å². The zero-order valence-electron chi connectivity index (χ0n) is 11.6. The van der Waals surface area contributed by atoms with Crippen LogP contribution in [0.4, 0.5) is 0 Å². The van der Waals surface area contributed by atoms with Crippen molar-refractivity contribution < 1.29 is 4.74 Å². The molecular weight excluding hydrogens is 246 g/mol. The number of hydrogen-bond donors (Lipinski definition) is 1. The molecular formula is C15H24ClNO. The first-order valence-electron chi connectivity index (χ1n) is 6.66. The van der Waals surface area contributed by atoms with Gasteiger partial charge in [0.05, 0.1) is 6.10 Å². The first-order chi connectivity index (χ1) is 8.65. The van der Waals surface area contributed by atoms with E-state index in [1.165, 1.54) is 5.56 Å². The molecule has 1 aromatic carbocycles. The average molecular weight is 270 g/mol. The molecule has 1 N–H and O–H groups in total. The van der Waals surface area contributed by atoms with Crippen molar-refractivity contribution in [2.24, 2.45) is 0 Å². The minimum absolute atomic E-state index is 0.330. The van der Waals surface area contributed by atoms with E-state index in [1.807, 2.05) is 12.1 Å². The van der Waals surface area contributed by atoms with Crippen LogP contribution >= 0.6 is 11.6 Å². The van der Waals surface area contributed by atoms with Crippen LogP contribution in [0.2, 0.25) is 5.02 Å². The van der Waals surface area contributed by atoms with Gasteiger partial charge in [0.2, 0.25) is 0 Å². The molecule has 0 aliphatic rings. The maximum atomic E-state index is 5.90. The lowest BCUT2D eigenvalue weighted by atomic mass is 10.0. The summed E-state index contributed by atoms with van der Waals surface area (Å²) in [7, 11) is 1.77. The van der Waals surface area contributed by atoms with Gasteiger partial charge >= 0.3 is 0 Å². The van der Waals surface area contributed by atoms with Crippen molar-refractivity contribution in [3.8, 4) is 0 Å². The van der Waals surface area contributed by atoms with Crippen LogP contribution < -0.4 is 5.32 Å². The fourth-order valence-corrected chi connectivity index (χ4v) is 2.15. The number of methoxy groups -OCH3 is 1. The smallest absolute Gasteiger partial charge is 0.0543 e. The third-order valence-corrected chi connectivity index (χ3v) is 3.46. The Hall–Kier alpha value is -0.570. The molecule has 0 aliphatic carbocycles. The molecule has 0 saturated carbocycles. The second-order valence-corrected chi connectivity index (χ2v) is 5.15. The van der Waals surface area contributed by atoms with Gasteiger partial charge in [-0.3, -0.25) is 0 Å². The second kappa shape index (κ2) is 8.52. The number of ether oxygens (including phenoxy) is 1. The van der Waals surface area contributed by atoms with Crippen LogP contribution in [0.25, 0.3) is 0 Å². The van der Waals surface area contributed by atoms with Crippen molar-refractivity contribution in [2.45, 2.75) is 45.3 Å². The third kappa shape index (κ3) is 5.85. The molecule has 102 valence electrons. The van der Waals surface area contributed by atoms with Crippen LogP contribution in [-0.4, -0.2) is 25.8 Å². The summed E-state index contributed by atoms with van der Waals surface area (Å²) in [5, 5.41) is 4.33. The van der Waals surface area contributed by atoms with E-state index in [0.29, 0.717) is 12.1 Å². The summed E-state index contributed by atoms with van der Waals surface area (Å²) in [4.78, 5) is 0. The van der Waals surface area contributed by atoms with E-state index in [-0.39, 0.29) is 0 Å². The summed E-state index contributed by atoms with van der Waals surface area (Å²) >= 11 is 5.90. The molecule has 18 heavy (non-hydrogen) atoms. The Balaban J connectivity index is 2.48. The number of nitrogens with one attached hydrogen (secondary N) is 1. The highest BCUT2D eigenvalue weighted by Crippen LogP contribution is 2.13. The molecule has 0 bridgehead atoms. The van der Waals surface area contributed by atoms with Gasteiger partial charge in [-0.15, -0.1) is 0 Å². The lowest BCUT2D eigenvalue weighted by Gasteiger charge is -2.19. The summed E-state index contributed by atoms with van der Waals surface area (Å²) in [5.41, 5.74) is 1.33. The van der Waals surface area contributed by atoms with E-state index < -0.39 is 0 Å². The van der Waals surface area contributed by atoms with Gasteiger partial charge in [0.25, 0.3) is 0 Å². The Kier molecular flexibility index (Phi) is 7.33. The van der Waals surface area contributed by atoms with Crippen LogP contribution in [-0.2, 0) is 11.2 Å². The van der Waals surface area contributed by atoms with E-state index >= 15 is 0 Å². The molecule has 1 aromatic rings. The van der Waals surface area contributed by atoms with Gasteiger partial charge in [0.1, 0.15) is 0 Å². The van der Waals surface area contributed by atoms with Crippen LogP contribution in [0, 0.1) is 0 Å². The molecule has 0 radical (unpaired) electrons. The Morgan fingerprint density at radius 3 is 2.44 bits per heavy atom. The van der Waals surface area contributed by atoms with Crippen LogP contribution in [0.1, 0.15) is 32.3 Å². The largest absolute Gasteiger partial charge is 0.382 e. The summed E-state index contributed by atoms with van der Waals surface area (Å²) in [5.74, 6) is 0. The summed E-state index contributed by atoms with van der Waals surface area (Å²) in [6.07, 6.45) is 3.59. The second-order valence-electron chi connectivity index (χ2n) is 4.71. The Morgan fingerprint density at radius 2 is 1.89 bits per heavy atom. The predicted molar refractivity (Wildman–Crippen MR) is 78.3 cm³/mol. The SMILES string of the molecule is CCNC(CCC(C)OC)Cc1ccc(Cl)cc1. The van der Waals surface area contributed by atoms with Crippen molar-refractivity contribution in [3.05, 3.63) is 34.9 Å². The number of benzene rings is 1. The zero-order valence-corrected chi connectivity index (χ0v) is 12.3. The van der Waals surface area contributed by atoms with Gasteiger partial charge in [-0.25, -0.2) is 0 Å². The molecule has 0 saturated heterocycles. The summed E-state index contributed by atoms with van der Waals surface area (Å²) in [6, 6.07) is 8.63. The Labute approximate surface area is 116 Å². The van der Waals surface area contributed by atoms with Gasteiger partial charge in [-0.05, 0) is 50.4 Å². The number of rotatable bonds is 8. The van der Waals surface area contributed by atoms with Crippen LogP contribution in [0.15, 0.2) is 24.3 Å². The van der Waals surface area contributed by atoms with E-state index in [0.717, 1.165) is 30.8 Å². The van der Waals surface area contributed by atoms with Gasteiger partial charge in [0, 0.05) is 18.2 Å². The lowest BCUT2D eigenvalue weighted by Crippen LogP contribution is -2.31. The van der Waals surface area contributed by atoms with Crippen molar-refractivity contribution >= 4 is 11.6 Å². The minimum Gasteiger partial charge on any atom is -0.382 e. The number of likely N-dealkylation sites (N-methyl/N-ethyl adjacent to an activating group) is 1. The van der Waals surface area contributed by atoms with Crippen LogP contribution in [0.5, 0.6) is 0 Å². The molecule has 1 rings (SSSR count). The fourth-order valence-electron chi connectivity index (χ4n) is 2.02. The number of hydrogen-bond acceptors (Lipinski definition) is 2. The molecule has 2 atom stereocenters. The highest BCUT2D eigenvalue weighted by molar-refractivity contribution is 6.30. The van der Waals surface area contributed by atoms with Gasteiger partial charge in [-0.2, -0.15) is 0 Å². The molecule has 2 unspecified atom stereocenters. The first-order valence-corrected chi connectivity index (χ1v) is 7.04. The highest BCUT2D eigenvalue weighted by atomic mass is 35.5. The zero-order chi connectivity index (χ0) is 13.4. The van der Waals surface area contributed by atoms with Crippen molar-refractivity contribution in [1.82, 2.24) is 5.32 Å². The monoisotopic (exact) mass is 269 g/mol. The molecule has 3 heteroatoms. The van der Waals surface area contributed by atoms with E-state index in [2.05, 4.69) is 31.3 Å². The maximum Gasteiger partial charge on any atom is 0.0543 e. The topological polar surface area (TPSA) is 21.3 Å². The van der Waals surface area contributed by atoms with Gasteiger partial charge in [-0.1, -0.05) is 30.7 Å². The van der Waals surface area contributed by atoms with Crippen LogP contribution in [0.3, 0.4) is 0 Å². The molecule has 0 fully saturated rings. The first kappa shape index (κ1) is 15.5. The summed E-state index contributed by atoms with van der Waals surface area (Å²) in [6.45, 7) is 5.26. The van der Waals surface area contributed by atoms with Crippen molar-refractivity contribution in [3.63, 3.8) is 0 Å². The molecule has 2 nitrogen and oxygen atoms in total. The fraction of sp³-hybridized carbons (Fsp3) is 0.600. The predicted octanol–water partition coefficient (Wildman–Crippen LogP) is 3.68. The van der Waals surface area contributed by atoms with Gasteiger partial charge in [0.15, 0.2) is 0 Å². The highest BCUT2D eigenvalue weighted by Gasteiger charge is 2.10. The minimum atomic E-state index is 0.330. The summed E-state index contributed by atoms with van der Waals surface area (Å²) < 4.78 is 5.30. The quantitative estimate of drug-likeness (QED) is 0.777. The van der Waals surface area contributed by atoms with Crippen molar-refractivity contribution in [2.75, 3.05) is 13.7 Å². The van der Waals surface area contributed by atoms with E-state index in [4.69, 9.17) is 16.3 Å². The average Bonchev–Trinajstić information content (AvgIpc) is 2.38. The van der Waals surface area contributed by atoms with Crippen molar-refractivity contribution in [1.29, 1.82) is 0 Å². The molecule has 0 spiro atoms. The molecule has 0 aliphatic heterocycles. The molecule has 0 aromatic heterocycles. The van der Waals surface area contributed by atoms with E-state index in [1.54, 1.807) is 7.11 Å². The number of halogens is 1. The maximum absolute atomic E-state index is 5.90. The molecule has 0 heterocycles. The third-order valence-electron chi connectivity index (χ3n) is 3.21. The normalized spacial score (nSPS) is 14.4. The Morgan fingerprint density at radius 1 is 1.22 bits per heavy atom. The molecule has 0 amide bonds. The lowest BCUT2D eigenvalue weighted by molar-refractivity contribution is 0.106.